The van der Waals surface area contributed by atoms with Crippen LogP contribution in [0.5, 0.6) is 0 Å². The van der Waals surface area contributed by atoms with Crippen LogP contribution in [0.25, 0.3) is 0 Å². The van der Waals surface area contributed by atoms with Crippen molar-refractivity contribution < 1.29 is 9.59 Å². The van der Waals surface area contributed by atoms with Gasteiger partial charge in [0.05, 0.1) is 12.1 Å². The van der Waals surface area contributed by atoms with Crippen LogP contribution in [0.2, 0.25) is 0 Å². The van der Waals surface area contributed by atoms with Gasteiger partial charge in [0.2, 0.25) is 5.91 Å². The normalized spacial score (nSPS) is 15.4. The van der Waals surface area contributed by atoms with E-state index in [1.165, 1.54) is 0 Å². The summed E-state index contributed by atoms with van der Waals surface area (Å²) in [6.07, 6.45) is 4.10. The Morgan fingerprint density at radius 2 is 1.89 bits per heavy atom. The van der Waals surface area contributed by atoms with Crippen LogP contribution in [-0.4, -0.2) is 29.3 Å². The number of benzene rings is 1. The summed E-state index contributed by atoms with van der Waals surface area (Å²) in [6, 6.07) is 7.39. The molecule has 1 aliphatic carbocycles. The summed E-state index contributed by atoms with van der Waals surface area (Å²) in [6.45, 7) is -0.00909. The van der Waals surface area contributed by atoms with Crippen molar-refractivity contribution in [2.45, 2.75) is 31.7 Å². The van der Waals surface area contributed by atoms with E-state index in [1.54, 1.807) is 11.0 Å². The molecule has 2 rings (SSSR count). The number of carbonyl (C=O) groups is 2. The first-order chi connectivity index (χ1) is 9.09. The lowest BCUT2D eigenvalue weighted by atomic mass is 10.1. The van der Waals surface area contributed by atoms with Crippen molar-refractivity contribution in [2.24, 2.45) is 5.73 Å². The van der Waals surface area contributed by atoms with Gasteiger partial charge in [0, 0.05) is 10.5 Å². The van der Waals surface area contributed by atoms with Crippen LogP contribution in [0.4, 0.5) is 0 Å². The fraction of sp³-hybridized carbons (Fsp3) is 0.429. The summed E-state index contributed by atoms with van der Waals surface area (Å²) >= 11 is 3.38. The van der Waals surface area contributed by atoms with Gasteiger partial charge in [-0.3, -0.25) is 9.59 Å². The van der Waals surface area contributed by atoms with Crippen LogP contribution in [0.1, 0.15) is 36.0 Å². The van der Waals surface area contributed by atoms with Crippen molar-refractivity contribution in [2.75, 3.05) is 6.54 Å². The molecule has 1 aromatic carbocycles. The van der Waals surface area contributed by atoms with E-state index < -0.39 is 5.91 Å². The molecule has 0 heterocycles. The van der Waals surface area contributed by atoms with Crippen LogP contribution in [0.15, 0.2) is 28.7 Å². The molecular weight excluding hydrogens is 308 g/mol. The smallest absolute Gasteiger partial charge is 0.255 e. The molecule has 5 heteroatoms. The Hall–Kier alpha value is -1.36. The van der Waals surface area contributed by atoms with E-state index in [9.17, 15) is 9.59 Å². The maximum Gasteiger partial charge on any atom is 0.255 e. The molecule has 0 radical (unpaired) electrons. The maximum atomic E-state index is 12.6. The van der Waals surface area contributed by atoms with Gasteiger partial charge >= 0.3 is 0 Å². The lowest BCUT2D eigenvalue weighted by molar-refractivity contribution is -0.119. The molecule has 102 valence electrons. The van der Waals surface area contributed by atoms with E-state index in [4.69, 9.17) is 5.73 Å². The third-order valence-electron chi connectivity index (χ3n) is 3.46. The minimum atomic E-state index is -0.465. The quantitative estimate of drug-likeness (QED) is 0.923. The zero-order valence-corrected chi connectivity index (χ0v) is 12.2. The molecule has 19 heavy (non-hydrogen) atoms. The van der Waals surface area contributed by atoms with Gasteiger partial charge in [0.25, 0.3) is 5.91 Å². The molecule has 4 nitrogen and oxygen atoms in total. The number of carbonyl (C=O) groups excluding carboxylic acids is 2. The van der Waals surface area contributed by atoms with Gasteiger partial charge in [-0.1, -0.05) is 25.0 Å². The Morgan fingerprint density at radius 3 is 2.47 bits per heavy atom. The van der Waals surface area contributed by atoms with Crippen molar-refractivity contribution in [1.29, 1.82) is 0 Å². The number of hydrogen-bond donors (Lipinski definition) is 1. The molecule has 2 amide bonds. The molecule has 0 atom stereocenters. The van der Waals surface area contributed by atoms with Crippen molar-refractivity contribution in [3.05, 3.63) is 34.3 Å². The average molecular weight is 325 g/mol. The minimum Gasteiger partial charge on any atom is -0.368 e. The summed E-state index contributed by atoms with van der Waals surface area (Å²) in [5.74, 6) is -0.592. The minimum absolute atomic E-state index is 0.00909. The SMILES string of the molecule is NC(=O)CN(C(=O)c1ccccc1Br)C1CCCC1. The molecule has 2 N–H and O–H groups in total. The molecule has 0 bridgehead atoms. The van der Waals surface area contributed by atoms with E-state index in [2.05, 4.69) is 15.9 Å². The molecule has 0 saturated heterocycles. The van der Waals surface area contributed by atoms with Gasteiger partial charge in [-0.15, -0.1) is 0 Å². The second kappa shape index (κ2) is 6.19. The number of halogens is 1. The van der Waals surface area contributed by atoms with Gasteiger partial charge < -0.3 is 10.6 Å². The highest BCUT2D eigenvalue weighted by Crippen LogP contribution is 2.26. The summed E-state index contributed by atoms with van der Waals surface area (Å²) in [7, 11) is 0. The summed E-state index contributed by atoms with van der Waals surface area (Å²) < 4.78 is 0.743. The van der Waals surface area contributed by atoms with Crippen LogP contribution in [0, 0.1) is 0 Å². The van der Waals surface area contributed by atoms with Gasteiger partial charge in [0.1, 0.15) is 0 Å². The zero-order valence-electron chi connectivity index (χ0n) is 10.6. The van der Waals surface area contributed by atoms with Gasteiger partial charge in [0.15, 0.2) is 0 Å². The Bertz CT molecular complexity index is 484. The molecule has 0 aromatic heterocycles. The highest BCUT2D eigenvalue weighted by atomic mass is 79.9. The zero-order chi connectivity index (χ0) is 13.8. The summed E-state index contributed by atoms with van der Waals surface area (Å²) in [4.78, 5) is 25.4. The maximum absolute atomic E-state index is 12.6. The lowest BCUT2D eigenvalue weighted by Gasteiger charge is -2.28. The van der Waals surface area contributed by atoms with Gasteiger partial charge in [-0.05, 0) is 40.9 Å². The molecule has 1 aromatic rings. The monoisotopic (exact) mass is 324 g/mol. The third kappa shape index (κ3) is 3.35. The van der Waals surface area contributed by atoms with E-state index >= 15 is 0 Å². The average Bonchev–Trinajstić information content (AvgIpc) is 2.89. The predicted molar refractivity (Wildman–Crippen MR) is 76.6 cm³/mol. The third-order valence-corrected chi connectivity index (χ3v) is 4.15. The second-order valence-corrected chi connectivity index (χ2v) is 5.67. The molecule has 1 aliphatic rings. The first kappa shape index (κ1) is 14.1. The number of amides is 2. The summed E-state index contributed by atoms with van der Waals surface area (Å²) in [5, 5.41) is 0. The fourth-order valence-electron chi connectivity index (χ4n) is 2.54. The predicted octanol–water partition coefficient (Wildman–Crippen LogP) is 2.32. The number of hydrogen-bond acceptors (Lipinski definition) is 2. The van der Waals surface area contributed by atoms with Gasteiger partial charge in [-0.25, -0.2) is 0 Å². The van der Waals surface area contributed by atoms with E-state index in [-0.39, 0.29) is 18.5 Å². The second-order valence-electron chi connectivity index (χ2n) is 4.82. The van der Waals surface area contributed by atoms with Crippen molar-refractivity contribution in [3.8, 4) is 0 Å². The standard InChI is InChI=1S/C14H17BrN2O2/c15-12-8-4-3-7-11(12)14(19)17(9-13(16)18)10-5-1-2-6-10/h3-4,7-8,10H,1-2,5-6,9H2,(H2,16,18). The highest BCUT2D eigenvalue weighted by Gasteiger charge is 2.29. The first-order valence-electron chi connectivity index (χ1n) is 6.43. The van der Waals surface area contributed by atoms with Crippen molar-refractivity contribution in [3.63, 3.8) is 0 Å². The molecule has 0 aliphatic heterocycles. The fourth-order valence-corrected chi connectivity index (χ4v) is 2.99. The van der Waals surface area contributed by atoms with E-state index in [1.807, 2.05) is 18.2 Å². The highest BCUT2D eigenvalue weighted by molar-refractivity contribution is 9.10. The van der Waals surface area contributed by atoms with Crippen LogP contribution in [-0.2, 0) is 4.79 Å². The van der Waals surface area contributed by atoms with E-state index in [0.717, 1.165) is 30.2 Å². The molecule has 0 unspecified atom stereocenters. The van der Waals surface area contributed by atoms with Crippen LogP contribution >= 0.6 is 15.9 Å². The van der Waals surface area contributed by atoms with E-state index in [0.29, 0.717) is 5.56 Å². The number of primary amides is 1. The van der Waals surface area contributed by atoms with Crippen LogP contribution in [0.3, 0.4) is 0 Å². The Balaban J connectivity index is 2.24. The summed E-state index contributed by atoms with van der Waals surface area (Å²) in [5.41, 5.74) is 5.85. The van der Waals surface area contributed by atoms with Crippen molar-refractivity contribution in [1.82, 2.24) is 4.90 Å². The number of rotatable bonds is 4. The molecule has 1 fully saturated rings. The Labute approximate surface area is 121 Å². The first-order valence-corrected chi connectivity index (χ1v) is 7.22. The molecular formula is C14H17BrN2O2. The number of nitrogens with two attached hydrogens (primary N) is 1. The number of nitrogens with zero attached hydrogens (tertiary/aromatic N) is 1. The Kier molecular flexibility index (Phi) is 4.58. The molecule has 1 saturated carbocycles. The topological polar surface area (TPSA) is 63.4 Å². The largest absolute Gasteiger partial charge is 0.368 e. The van der Waals surface area contributed by atoms with Crippen LogP contribution < -0.4 is 5.73 Å². The molecule has 0 spiro atoms. The lowest BCUT2D eigenvalue weighted by Crippen LogP contribution is -2.44. The van der Waals surface area contributed by atoms with Crippen molar-refractivity contribution >= 4 is 27.7 Å². The van der Waals surface area contributed by atoms with Gasteiger partial charge in [-0.2, -0.15) is 0 Å². The Morgan fingerprint density at radius 1 is 1.26 bits per heavy atom.